The molecule has 0 spiro atoms. The van der Waals surface area contributed by atoms with Gasteiger partial charge >= 0.3 is 0 Å². The molecule has 72 valence electrons. The van der Waals surface area contributed by atoms with Gasteiger partial charge in [-0.1, -0.05) is 11.5 Å². The van der Waals surface area contributed by atoms with Crippen LogP contribution in [-0.2, 0) is 7.05 Å². The lowest BCUT2D eigenvalue weighted by molar-refractivity contribution is -0.384. The summed E-state index contributed by atoms with van der Waals surface area (Å²) in [6, 6.07) is 4.25. The summed E-state index contributed by atoms with van der Waals surface area (Å²) in [4.78, 5) is 21.4. The molecular weight excluding hydrogens is 204 g/mol. The Kier molecular flexibility index (Phi) is 1.85. The molecule has 1 heterocycles. The van der Waals surface area contributed by atoms with Gasteiger partial charge in [-0.25, -0.2) is 0 Å². The molecule has 5 nitrogen and oxygen atoms in total. The normalized spacial score (nSPS) is 10.6. The van der Waals surface area contributed by atoms with Crippen molar-refractivity contribution in [1.82, 2.24) is 3.96 Å². The van der Waals surface area contributed by atoms with Gasteiger partial charge in [-0.15, -0.1) is 0 Å². The number of nitrogens with zero attached hydrogens (tertiary/aromatic N) is 2. The van der Waals surface area contributed by atoms with Gasteiger partial charge in [0.2, 0.25) is 0 Å². The fraction of sp³-hybridized carbons (Fsp3) is 0.125. The molecule has 0 unspecified atom stereocenters. The SMILES string of the molecule is Cn1sc2cc([N+](=O)[O-])ccc2c1=O. The number of hydrogen-bond acceptors (Lipinski definition) is 4. The van der Waals surface area contributed by atoms with Gasteiger partial charge in [0.25, 0.3) is 11.2 Å². The van der Waals surface area contributed by atoms with Crippen LogP contribution in [0.1, 0.15) is 0 Å². The summed E-state index contributed by atoms with van der Waals surface area (Å²) in [5.41, 5.74) is -0.0979. The molecule has 0 saturated carbocycles. The number of aromatic nitrogens is 1. The number of fused-ring (bicyclic) bond motifs is 1. The number of benzene rings is 1. The number of nitro benzene ring substituents is 1. The summed E-state index contributed by atoms with van der Waals surface area (Å²) in [5, 5.41) is 11.0. The Morgan fingerprint density at radius 3 is 2.86 bits per heavy atom. The molecule has 14 heavy (non-hydrogen) atoms. The minimum absolute atomic E-state index is 0.0133. The van der Waals surface area contributed by atoms with E-state index < -0.39 is 4.92 Å². The molecule has 0 aliphatic heterocycles. The molecule has 0 fully saturated rings. The monoisotopic (exact) mass is 210 g/mol. The van der Waals surface area contributed by atoms with Crippen molar-refractivity contribution in [3.05, 3.63) is 38.7 Å². The molecule has 0 radical (unpaired) electrons. The van der Waals surface area contributed by atoms with Crippen LogP contribution < -0.4 is 5.56 Å². The topological polar surface area (TPSA) is 65.1 Å². The number of rotatable bonds is 1. The van der Waals surface area contributed by atoms with Gasteiger partial charge in [0.05, 0.1) is 15.0 Å². The zero-order valence-electron chi connectivity index (χ0n) is 7.26. The first-order valence-electron chi connectivity index (χ1n) is 3.84. The second kappa shape index (κ2) is 2.91. The molecule has 1 aromatic heterocycles. The first kappa shape index (κ1) is 8.89. The Morgan fingerprint density at radius 1 is 1.50 bits per heavy atom. The van der Waals surface area contributed by atoms with E-state index >= 15 is 0 Å². The van der Waals surface area contributed by atoms with Gasteiger partial charge in [-0.3, -0.25) is 18.9 Å². The molecule has 0 amide bonds. The van der Waals surface area contributed by atoms with Gasteiger partial charge < -0.3 is 0 Å². The predicted octanol–water partition coefficient (Wildman–Crippen LogP) is 1.51. The average Bonchev–Trinajstić information content (AvgIpc) is 2.42. The first-order chi connectivity index (χ1) is 6.59. The van der Waals surface area contributed by atoms with Crippen LogP contribution in [-0.4, -0.2) is 8.88 Å². The van der Waals surface area contributed by atoms with Crippen LogP contribution in [0, 0.1) is 10.1 Å². The fourth-order valence-corrected chi connectivity index (χ4v) is 2.14. The average molecular weight is 210 g/mol. The maximum absolute atomic E-state index is 11.4. The van der Waals surface area contributed by atoms with Crippen molar-refractivity contribution in [3.63, 3.8) is 0 Å². The summed E-state index contributed by atoms with van der Waals surface area (Å²) in [6.45, 7) is 0. The number of aryl methyl sites for hydroxylation is 1. The Bertz CT molecular complexity index is 569. The lowest BCUT2D eigenvalue weighted by Crippen LogP contribution is -2.07. The van der Waals surface area contributed by atoms with Crippen molar-refractivity contribution in [2.45, 2.75) is 0 Å². The smallest absolute Gasteiger partial charge is 0.268 e. The van der Waals surface area contributed by atoms with E-state index in [0.717, 1.165) is 0 Å². The zero-order valence-corrected chi connectivity index (χ0v) is 8.08. The van der Waals surface area contributed by atoms with Gasteiger partial charge in [0.15, 0.2) is 0 Å². The second-order valence-corrected chi connectivity index (χ2v) is 4.00. The maximum atomic E-state index is 11.4. The van der Waals surface area contributed by atoms with E-state index in [0.29, 0.717) is 10.1 Å². The molecule has 2 rings (SSSR count). The lowest BCUT2D eigenvalue weighted by Gasteiger charge is -1.88. The number of nitro groups is 1. The first-order valence-corrected chi connectivity index (χ1v) is 4.61. The summed E-state index contributed by atoms with van der Waals surface area (Å²) in [6.07, 6.45) is 0. The third-order valence-corrected chi connectivity index (χ3v) is 2.90. The molecule has 0 N–H and O–H groups in total. The van der Waals surface area contributed by atoms with Gasteiger partial charge in [-0.2, -0.15) is 0 Å². The van der Waals surface area contributed by atoms with E-state index in [1.54, 1.807) is 7.05 Å². The third-order valence-electron chi connectivity index (χ3n) is 1.93. The molecule has 0 atom stereocenters. The zero-order chi connectivity index (χ0) is 10.3. The minimum atomic E-state index is -0.469. The summed E-state index contributed by atoms with van der Waals surface area (Å²) >= 11 is 1.21. The van der Waals surface area contributed by atoms with Crippen LogP contribution >= 0.6 is 11.5 Å². The van der Waals surface area contributed by atoms with Crippen LogP contribution in [0.2, 0.25) is 0 Å². The fourth-order valence-electron chi connectivity index (χ4n) is 1.24. The highest BCUT2D eigenvalue weighted by Crippen LogP contribution is 2.21. The Hall–Kier alpha value is -1.69. The van der Waals surface area contributed by atoms with Crippen molar-refractivity contribution in [1.29, 1.82) is 0 Å². The molecule has 0 saturated heterocycles. The predicted molar refractivity (Wildman–Crippen MR) is 53.7 cm³/mol. The van der Waals surface area contributed by atoms with Gasteiger partial charge in [-0.05, 0) is 6.07 Å². The van der Waals surface area contributed by atoms with Crippen LogP contribution in [0.4, 0.5) is 5.69 Å². The molecule has 2 aromatic rings. The van der Waals surface area contributed by atoms with E-state index in [4.69, 9.17) is 0 Å². The van der Waals surface area contributed by atoms with Crippen molar-refractivity contribution < 1.29 is 4.92 Å². The molecular formula is C8H6N2O3S. The maximum Gasteiger partial charge on any atom is 0.270 e. The van der Waals surface area contributed by atoms with Crippen LogP contribution in [0.25, 0.3) is 10.1 Å². The van der Waals surface area contributed by atoms with Crippen LogP contribution in [0.3, 0.4) is 0 Å². The summed E-state index contributed by atoms with van der Waals surface area (Å²) < 4.78 is 2.10. The van der Waals surface area contributed by atoms with E-state index in [1.807, 2.05) is 0 Å². The van der Waals surface area contributed by atoms with Crippen LogP contribution in [0.5, 0.6) is 0 Å². The van der Waals surface area contributed by atoms with Crippen molar-refractivity contribution >= 4 is 27.3 Å². The highest BCUT2D eigenvalue weighted by atomic mass is 32.1. The third kappa shape index (κ3) is 1.20. The Morgan fingerprint density at radius 2 is 2.21 bits per heavy atom. The number of non-ortho nitro benzene ring substituents is 1. The minimum Gasteiger partial charge on any atom is -0.268 e. The molecule has 1 aromatic carbocycles. The standard InChI is InChI=1S/C8H6N2O3S/c1-9-8(11)6-3-2-5(10(12)13)4-7(6)14-9/h2-4H,1H3. The van der Waals surface area contributed by atoms with Gasteiger partial charge in [0.1, 0.15) is 0 Å². The van der Waals surface area contributed by atoms with E-state index in [1.165, 1.54) is 33.7 Å². The highest BCUT2D eigenvalue weighted by Gasteiger charge is 2.10. The molecule has 0 bridgehead atoms. The Balaban J connectivity index is 2.80. The number of hydrogen-bond donors (Lipinski definition) is 0. The van der Waals surface area contributed by atoms with E-state index in [9.17, 15) is 14.9 Å². The van der Waals surface area contributed by atoms with E-state index in [2.05, 4.69) is 0 Å². The second-order valence-electron chi connectivity index (χ2n) is 2.83. The van der Waals surface area contributed by atoms with Gasteiger partial charge in [0, 0.05) is 19.2 Å². The van der Waals surface area contributed by atoms with Crippen molar-refractivity contribution in [3.8, 4) is 0 Å². The molecule has 6 heteroatoms. The van der Waals surface area contributed by atoms with Crippen molar-refractivity contribution in [2.75, 3.05) is 0 Å². The lowest BCUT2D eigenvalue weighted by atomic mass is 10.2. The summed E-state index contributed by atoms with van der Waals surface area (Å²) in [5.74, 6) is 0. The largest absolute Gasteiger partial charge is 0.270 e. The van der Waals surface area contributed by atoms with E-state index in [-0.39, 0.29) is 11.2 Å². The molecule has 0 aliphatic carbocycles. The van der Waals surface area contributed by atoms with Crippen LogP contribution in [0.15, 0.2) is 23.0 Å². The summed E-state index contributed by atoms with van der Waals surface area (Å²) in [7, 11) is 1.64. The van der Waals surface area contributed by atoms with Crippen molar-refractivity contribution in [2.24, 2.45) is 7.05 Å². The quantitative estimate of drug-likeness (QED) is 0.529. The molecule has 0 aliphatic rings. The Labute approximate surface area is 82.5 Å². The highest BCUT2D eigenvalue weighted by molar-refractivity contribution is 7.13.